The minimum absolute atomic E-state index is 0.160. The lowest BCUT2D eigenvalue weighted by Gasteiger charge is -2.39. The number of carbonyl (C=O) groups excluding carboxylic acids is 1. The minimum atomic E-state index is 0.160. The van der Waals surface area contributed by atoms with Gasteiger partial charge < -0.3 is 5.32 Å². The van der Waals surface area contributed by atoms with Gasteiger partial charge in [-0.15, -0.1) is 0 Å². The first-order chi connectivity index (χ1) is 5.93. The van der Waals surface area contributed by atoms with E-state index in [4.69, 9.17) is 0 Å². The topological polar surface area (TPSA) is 29.1 Å². The van der Waals surface area contributed by atoms with Crippen molar-refractivity contribution >= 4 is 5.91 Å². The quantitative estimate of drug-likeness (QED) is 0.697. The molecule has 0 aromatic heterocycles. The second kappa shape index (κ2) is 3.32. The molecule has 1 aliphatic heterocycles. The van der Waals surface area contributed by atoms with Crippen LogP contribution in [0.1, 0.15) is 34.6 Å². The average Bonchev–Trinajstić information content (AvgIpc) is 2.30. The third kappa shape index (κ3) is 1.36. The van der Waals surface area contributed by atoms with Gasteiger partial charge in [0.15, 0.2) is 0 Å². The second-order valence-electron chi connectivity index (χ2n) is 4.86. The second-order valence-corrected chi connectivity index (χ2v) is 4.86. The van der Waals surface area contributed by atoms with Crippen LogP contribution >= 0.6 is 0 Å². The van der Waals surface area contributed by atoms with Crippen molar-refractivity contribution < 1.29 is 4.79 Å². The predicted octanol–water partition coefficient (Wildman–Crippen LogP) is 2.05. The number of rotatable bonds is 2. The van der Waals surface area contributed by atoms with Crippen molar-refractivity contribution in [3.8, 4) is 0 Å². The first-order valence-electron chi connectivity index (χ1n) is 5.20. The van der Waals surface area contributed by atoms with Crippen LogP contribution in [0.5, 0.6) is 0 Å². The molecule has 1 heterocycles. The van der Waals surface area contributed by atoms with Gasteiger partial charge in [0.25, 0.3) is 0 Å². The van der Waals surface area contributed by atoms with E-state index in [1.807, 2.05) is 0 Å². The number of amides is 1. The summed E-state index contributed by atoms with van der Waals surface area (Å²) in [4.78, 5) is 11.5. The number of carbonyl (C=O) groups is 1. The summed E-state index contributed by atoms with van der Waals surface area (Å²) >= 11 is 0. The Morgan fingerprint density at radius 2 is 1.77 bits per heavy atom. The van der Waals surface area contributed by atoms with Crippen molar-refractivity contribution in [1.82, 2.24) is 5.32 Å². The Morgan fingerprint density at radius 1 is 1.31 bits per heavy atom. The summed E-state index contributed by atoms with van der Waals surface area (Å²) in [7, 11) is 0. The fourth-order valence-corrected chi connectivity index (χ4v) is 2.87. The first-order valence-corrected chi connectivity index (χ1v) is 5.20. The van der Waals surface area contributed by atoms with Gasteiger partial charge in [0.05, 0.1) is 0 Å². The Balaban J connectivity index is 2.99. The van der Waals surface area contributed by atoms with Crippen molar-refractivity contribution in [3.63, 3.8) is 0 Å². The van der Waals surface area contributed by atoms with Crippen LogP contribution in [-0.4, -0.2) is 12.5 Å². The fourth-order valence-electron chi connectivity index (χ4n) is 2.87. The van der Waals surface area contributed by atoms with Gasteiger partial charge in [0, 0.05) is 17.9 Å². The molecule has 1 amide bonds. The lowest BCUT2D eigenvalue weighted by molar-refractivity contribution is -0.124. The van der Waals surface area contributed by atoms with Gasteiger partial charge in [0.2, 0.25) is 5.91 Å². The Labute approximate surface area is 81.1 Å². The van der Waals surface area contributed by atoms with Crippen LogP contribution in [0.4, 0.5) is 0 Å². The molecule has 0 spiro atoms. The van der Waals surface area contributed by atoms with Gasteiger partial charge in [0.1, 0.15) is 0 Å². The van der Waals surface area contributed by atoms with Gasteiger partial charge in [-0.1, -0.05) is 34.6 Å². The Morgan fingerprint density at radius 3 is 1.92 bits per heavy atom. The predicted molar refractivity (Wildman–Crippen MR) is 54.3 cm³/mol. The van der Waals surface area contributed by atoms with Gasteiger partial charge >= 0.3 is 0 Å². The zero-order chi connectivity index (χ0) is 10.2. The minimum Gasteiger partial charge on any atom is -0.355 e. The first kappa shape index (κ1) is 10.6. The molecule has 2 heteroatoms. The van der Waals surface area contributed by atoms with E-state index in [-0.39, 0.29) is 17.2 Å². The highest BCUT2D eigenvalue weighted by Crippen LogP contribution is 2.45. The third-order valence-electron chi connectivity index (χ3n) is 3.92. The maximum absolute atomic E-state index is 11.5. The van der Waals surface area contributed by atoms with E-state index in [1.165, 1.54) is 0 Å². The normalized spacial score (nSPS) is 27.0. The van der Waals surface area contributed by atoms with Gasteiger partial charge in [-0.2, -0.15) is 0 Å². The summed E-state index contributed by atoms with van der Waals surface area (Å²) in [5.41, 5.74) is 0.164. The lowest BCUT2D eigenvalue weighted by atomic mass is 9.63. The Hall–Kier alpha value is -0.530. The molecule has 0 aromatic rings. The van der Waals surface area contributed by atoms with Crippen molar-refractivity contribution in [2.24, 2.45) is 23.2 Å². The molecule has 0 saturated carbocycles. The fraction of sp³-hybridized carbons (Fsp3) is 0.909. The molecule has 0 aliphatic carbocycles. The summed E-state index contributed by atoms with van der Waals surface area (Å²) in [6.07, 6.45) is 0. The van der Waals surface area contributed by atoms with Crippen LogP contribution in [0.3, 0.4) is 0 Å². The van der Waals surface area contributed by atoms with Crippen molar-refractivity contribution in [1.29, 1.82) is 0 Å². The summed E-state index contributed by atoms with van der Waals surface area (Å²) in [6.45, 7) is 11.8. The summed E-state index contributed by atoms with van der Waals surface area (Å²) < 4.78 is 0. The maximum atomic E-state index is 11.5. The van der Waals surface area contributed by atoms with E-state index in [1.54, 1.807) is 0 Å². The van der Waals surface area contributed by atoms with Gasteiger partial charge in [-0.3, -0.25) is 4.79 Å². The third-order valence-corrected chi connectivity index (χ3v) is 3.92. The molecule has 76 valence electrons. The highest BCUT2D eigenvalue weighted by atomic mass is 16.2. The van der Waals surface area contributed by atoms with Crippen molar-refractivity contribution in [2.45, 2.75) is 34.6 Å². The lowest BCUT2D eigenvalue weighted by Crippen LogP contribution is -2.39. The molecule has 0 bridgehead atoms. The molecule has 1 saturated heterocycles. The molecule has 0 aromatic carbocycles. The standard InChI is InChI=1S/C11H21NO/c1-7(2)11(8(3)4)6-12-10(13)9(11)5/h7-9H,6H2,1-5H3,(H,12,13). The molecule has 0 radical (unpaired) electrons. The molecular weight excluding hydrogens is 162 g/mol. The average molecular weight is 183 g/mol. The van der Waals surface area contributed by atoms with E-state index in [2.05, 4.69) is 39.9 Å². The number of hydrogen-bond acceptors (Lipinski definition) is 1. The molecule has 1 N–H and O–H groups in total. The molecule has 1 atom stereocenters. The Kier molecular flexibility index (Phi) is 2.69. The Bertz CT molecular complexity index is 200. The highest BCUT2D eigenvalue weighted by molar-refractivity contribution is 5.81. The molecular formula is C11H21NO. The van der Waals surface area contributed by atoms with Crippen LogP contribution < -0.4 is 5.32 Å². The maximum Gasteiger partial charge on any atom is 0.223 e. The van der Waals surface area contributed by atoms with E-state index in [0.29, 0.717) is 11.8 Å². The van der Waals surface area contributed by atoms with Crippen molar-refractivity contribution in [3.05, 3.63) is 0 Å². The van der Waals surface area contributed by atoms with Crippen LogP contribution in [0, 0.1) is 23.2 Å². The van der Waals surface area contributed by atoms with Gasteiger partial charge in [-0.25, -0.2) is 0 Å². The molecule has 2 nitrogen and oxygen atoms in total. The van der Waals surface area contributed by atoms with E-state index < -0.39 is 0 Å². The summed E-state index contributed by atoms with van der Waals surface area (Å²) in [5, 5.41) is 2.98. The number of nitrogens with one attached hydrogen (secondary N) is 1. The van der Waals surface area contributed by atoms with E-state index >= 15 is 0 Å². The SMILES string of the molecule is CC(C)C1(C(C)C)CNC(=O)C1C. The van der Waals surface area contributed by atoms with E-state index in [0.717, 1.165) is 6.54 Å². The molecule has 1 aliphatic rings. The molecule has 1 rings (SSSR count). The largest absolute Gasteiger partial charge is 0.355 e. The van der Waals surface area contributed by atoms with Crippen molar-refractivity contribution in [2.75, 3.05) is 6.54 Å². The zero-order valence-corrected chi connectivity index (χ0v) is 9.35. The monoisotopic (exact) mass is 183 g/mol. The molecule has 1 fully saturated rings. The smallest absolute Gasteiger partial charge is 0.223 e. The molecule has 13 heavy (non-hydrogen) atoms. The van der Waals surface area contributed by atoms with E-state index in [9.17, 15) is 4.79 Å². The summed E-state index contributed by atoms with van der Waals surface area (Å²) in [5.74, 6) is 1.50. The highest BCUT2D eigenvalue weighted by Gasteiger charge is 2.49. The van der Waals surface area contributed by atoms with Gasteiger partial charge in [-0.05, 0) is 11.8 Å². The molecule has 1 unspecified atom stereocenters. The van der Waals surface area contributed by atoms with Crippen LogP contribution in [0.2, 0.25) is 0 Å². The summed E-state index contributed by atoms with van der Waals surface area (Å²) in [6, 6.07) is 0. The van der Waals surface area contributed by atoms with Crippen LogP contribution in [0.15, 0.2) is 0 Å². The number of hydrogen-bond donors (Lipinski definition) is 1. The van der Waals surface area contributed by atoms with Crippen LogP contribution in [0.25, 0.3) is 0 Å². The zero-order valence-electron chi connectivity index (χ0n) is 9.35. The van der Waals surface area contributed by atoms with Crippen LogP contribution in [-0.2, 0) is 4.79 Å².